The number of hydrogen-bond donors (Lipinski definition) is 1. The summed E-state index contributed by atoms with van der Waals surface area (Å²) in [6, 6.07) is 8.48. The molecule has 17 heavy (non-hydrogen) atoms. The number of nitrogens with zero attached hydrogens (tertiary/aromatic N) is 2. The molecule has 7 nitrogen and oxygen atoms in total. The van der Waals surface area contributed by atoms with Crippen molar-refractivity contribution in [2.75, 3.05) is 0 Å². The van der Waals surface area contributed by atoms with Crippen molar-refractivity contribution in [3.63, 3.8) is 0 Å². The normalized spacial score (nSPS) is 8.94. The van der Waals surface area contributed by atoms with E-state index < -0.39 is 9.85 Å². The predicted octanol–water partition coefficient (Wildman–Crippen LogP) is 2.52. The van der Waals surface area contributed by atoms with Gasteiger partial charge in [-0.25, -0.2) is 0 Å². The van der Waals surface area contributed by atoms with Gasteiger partial charge in [0, 0.05) is 24.5 Å². The van der Waals surface area contributed by atoms with Crippen LogP contribution in [0.2, 0.25) is 0 Å². The van der Waals surface area contributed by atoms with E-state index in [1.807, 2.05) is 24.5 Å². The fraction of sp³-hybridized carbons (Fsp3) is 0. The molecule has 1 aromatic heterocycles. The molecule has 1 heterocycles. The van der Waals surface area contributed by atoms with E-state index in [0.29, 0.717) is 0 Å². The molecule has 7 heteroatoms. The van der Waals surface area contributed by atoms with Crippen LogP contribution in [-0.4, -0.2) is 14.8 Å². The maximum absolute atomic E-state index is 10.2. The van der Waals surface area contributed by atoms with Crippen LogP contribution in [0.15, 0.2) is 48.8 Å². The molecule has 0 bridgehead atoms. The summed E-state index contributed by atoms with van der Waals surface area (Å²) < 4.78 is 0. The summed E-state index contributed by atoms with van der Waals surface area (Å²) in [5.41, 5.74) is -0.548. The topological polar surface area (TPSA) is 102 Å². The van der Waals surface area contributed by atoms with E-state index >= 15 is 0 Å². The molecule has 2 aromatic rings. The first kappa shape index (κ1) is 12.4. The minimum Gasteiger partial charge on any atom is -0.368 e. The van der Waals surface area contributed by atoms with Gasteiger partial charge in [0.2, 0.25) is 0 Å². The van der Waals surface area contributed by atoms with Crippen LogP contribution in [-0.2, 0) is 0 Å². The smallest absolute Gasteiger partial charge is 0.276 e. The Labute approximate surface area is 96.0 Å². The Hall–Kier alpha value is -2.70. The van der Waals surface area contributed by atoms with Crippen LogP contribution in [0.1, 0.15) is 0 Å². The first-order valence-electron chi connectivity index (χ1n) is 4.58. The molecule has 0 aliphatic rings. The van der Waals surface area contributed by atoms with Crippen LogP contribution in [0, 0.1) is 20.2 Å². The molecule has 0 aliphatic heterocycles. The second kappa shape index (κ2) is 6.01. The Bertz CT molecular complexity index is 450. The van der Waals surface area contributed by atoms with Gasteiger partial charge in [0.15, 0.2) is 0 Å². The zero-order valence-corrected chi connectivity index (χ0v) is 8.65. The number of nitrogens with one attached hydrogen (secondary N) is 1. The maximum Gasteiger partial charge on any atom is 0.276 e. The first-order valence-corrected chi connectivity index (χ1v) is 4.58. The van der Waals surface area contributed by atoms with Crippen LogP contribution in [0.3, 0.4) is 0 Å². The number of non-ortho nitro benzene ring substituents is 2. The third kappa shape index (κ3) is 4.12. The van der Waals surface area contributed by atoms with E-state index in [2.05, 4.69) is 4.98 Å². The molecule has 0 saturated carbocycles. The van der Waals surface area contributed by atoms with E-state index in [9.17, 15) is 20.2 Å². The molecular weight excluding hydrogens is 226 g/mol. The molecule has 0 fully saturated rings. The SMILES string of the molecule is O=[N+]([O-])c1cccc([N+](=O)[O-])c1.c1cc[nH]c1. The monoisotopic (exact) mass is 235 g/mol. The second-order valence-electron chi connectivity index (χ2n) is 2.92. The second-order valence-corrected chi connectivity index (χ2v) is 2.92. The third-order valence-electron chi connectivity index (χ3n) is 1.75. The Kier molecular flexibility index (Phi) is 4.37. The molecule has 0 saturated heterocycles. The quantitative estimate of drug-likeness (QED) is 0.638. The highest BCUT2D eigenvalue weighted by atomic mass is 16.6. The van der Waals surface area contributed by atoms with E-state index in [4.69, 9.17) is 0 Å². The molecule has 1 N–H and O–H groups in total. The lowest BCUT2D eigenvalue weighted by Crippen LogP contribution is -1.91. The lowest BCUT2D eigenvalue weighted by molar-refractivity contribution is -0.394. The molecule has 0 spiro atoms. The van der Waals surface area contributed by atoms with Crippen LogP contribution < -0.4 is 0 Å². The first-order chi connectivity index (χ1) is 8.11. The number of aromatic nitrogens is 1. The molecule has 0 atom stereocenters. The van der Waals surface area contributed by atoms with Crippen molar-refractivity contribution in [2.45, 2.75) is 0 Å². The highest BCUT2D eigenvalue weighted by Crippen LogP contribution is 2.18. The van der Waals surface area contributed by atoms with Crippen molar-refractivity contribution in [3.05, 3.63) is 69.0 Å². The predicted molar refractivity (Wildman–Crippen MR) is 60.5 cm³/mol. The summed E-state index contributed by atoms with van der Waals surface area (Å²) in [6.45, 7) is 0. The van der Waals surface area contributed by atoms with Gasteiger partial charge < -0.3 is 4.98 Å². The maximum atomic E-state index is 10.2. The highest BCUT2D eigenvalue weighted by molar-refractivity contribution is 5.42. The zero-order chi connectivity index (χ0) is 12.7. The Morgan fingerprint density at radius 1 is 0.882 bits per heavy atom. The standard InChI is InChI=1S/C6H4N2O4.C4H5N/c9-7(10)5-2-1-3-6(4-5)8(11)12;1-2-4-5-3-1/h1-4H;1-5H. The van der Waals surface area contributed by atoms with Gasteiger partial charge in [-0.3, -0.25) is 20.2 Å². The van der Waals surface area contributed by atoms with E-state index in [-0.39, 0.29) is 11.4 Å². The third-order valence-corrected chi connectivity index (χ3v) is 1.75. The Balaban J connectivity index is 0.000000239. The number of nitro benzene ring substituents is 2. The molecule has 1 aromatic carbocycles. The van der Waals surface area contributed by atoms with Gasteiger partial charge in [-0.1, -0.05) is 0 Å². The summed E-state index contributed by atoms with van der Waals surface area (Å²) >= 11 is 0. The number of nitro groups is 2. The van der Waals surface area contributed by atoms with Gasteiger partial charge in [0.25, 0.3) is 11.4 Å². The van der Waals surface area contributed by atoms with E-state index in [0.717, 1.165) is 6.07 Å². The molecular formula is C10H9N3O4. The fourth-order valence-electron chi connectivity index (χ4n) is 0.998. The summed E-state index contributed by atoms with van der Waals surface area (Å²) in [5, 5.41) is 20.3. The van der Waals surface area contributed by atoms with Gasteiger partial charge in [-0.2, -0.15) is 0 Å². The Morgan fingerprint density at radius 2 is 1.35 bits per heavy atom. The van der Waals surface area contributed by atoms with Gasteiger partial charge in [0.05, 0.1) is 15.9 Å². The van der Waals surface area contributed by atoms with Crippen molar-refractivity contribution < 1.29 is 9.85 Å². The van der Waals surface area contributed by atoms with Gasteiger partial charge in [0.1, 0.15) is 0 Å². The zero-order valence-electron chi connectivity index (χ0n) is 8.65. The molecule has 0 radical (unpaired) electrons. The minimum atomic E-state index is -0.674. The summed E-state index contributed by atoms with van der Waals surface area (Å²) in [5.74, 6) is 0. The average molecular weight is 235 g/mol. The van der Waals surface area contributed by atoms with Crippen molar-refractivity contribution >= 4 is 11.4 Å². The van der Waals surface area contributed by atoms with Crippen LogP contribution in [0.4, 0.5) is 11.4 Å². The van der Waals surface area contributed by atoms with Crippen LogP contribution >= 0.6 is 0 Å². The molecule has 0 amide bonds. The summed E-state index contributed by atoms with van der Waals surface area (Å²) in [4.78, 5) is 21.8. The van der Waals surface area contributed by atoms with Gasteiger partial charge in [-0.15, -0.1) is 0 Å². The molecule has 0 unspecified atom stereocenters. The van der Waals surface area contributed by atoms with Crippen molar-refractivity contribution in [3.8, 4) is 0 Å². The number of benzene rings is 1. The fourth-order valence-corrected chi connectivity index (χ4v) is 0.998. The Morgan fingerprint density at radius 3 is 1.65 bits per heavy atom. The van der Waals surface area contributed by atoms with Crippen LogP contribution in [0.5, 0.6) is 0 Å². The number of H-pyrrole nitrogens is 1. The van der Waals surface area contributed by atoms with Gasteiger partial charge in [-0.05, 0) is 18.2 Å². The summed E-state index contributed by atoms with van der Waals surface area (Å²) in [6.07, 6.45) is 3.75. The molecule has 0 aliphatic carbocycles. The number of aromatic amines is 1. The van der Waals surface area contributed by atoms with Crippen molar-refractivity contribution in [2.24, 2.45) is 0 Å². The van der Waals surface area contributed by atoms with Crippen molar-refractivity contribution in [1.82, 2.24) is 4.98 Å². The summed E-state index contributed by atoms with van der Waals surface area (Å²) in [7, 11) is 0. The highest BCUT2D eigenvalue weighted by Gasteiger charge is 2.11. The van der Waals surface area contributed by atoms with Crippen LogP contribution in [0.25, 0.3) is 0 Å². The lowest BCUT2D eigenvalue weighted by Gasteiger charge is -1.90. The average Bonchev–Trinajstić information content (AvgIpc) is 2.87. The molecule has 88 valence electrons. The van der Waals surface area contributed by atoms with Gasteiger partial charge >= 0.3 is 0 Å². The number of rotatable bonds is 2. The van der Waals surface area contributed by atoms with E-state index in [1.165, 1.54) is 18.2 Å². The van der Waals surface area contributed by atoms with E-state index in [1.54, 1.807) is 0 Å². The molecule has 2 rings (SSSR count). The largest absolute Gasteiger partial charge is 0.368 e. The lowest BCUT2D eigenvalue weighted by atomic mass is 10.3. The minimum absolute atomic E-state index is 0.274. The van der Waals surface area contributed by atoms with Crippen molar-refractivity contribution in [1.29, 1.82) is 0 Å². The number of hydrogen-bond acceptors (Lipinski definition) is 4.